The van der Waals surface area contributed by atoms with Crippen molar-refractivity contribution in [3.63, 3.8) is 0 Å². The maximum atomic E-state index is 12.9. The molecule has 2 aliphatic rings. The zero-order chi connectivity index (χ0) is 24.2. The summed E-state index contributed by atoms with van der Waals surface area (Å²) in [7, 11) is 8.79. The average molecular weight is 568 g/mol. The minimum atomic E-state index is 0. The molecule has 0 spiro atoms. The number of benzene rings is 2. The van der Waals surface area contributed by atoms with E-state index in [1.54, 1.807) is 28.4 Å². The number of rotatable bonds is 10. The first-order valence-corrected chi connectivity index (χ1v) is 11.9. The van der Waals surface area contributed by atoms with Crippen molar-refractivity contribution < 1.29 is 29.2 Å². The maximum Gasteiger partial charge on any atom is 0.227 e. The van der Waals surface area contributed by atoms with Gasteiger partial charge in [-0.15, -0.1) is 17.0 Å². The Labute approximate surface area is 224 Å². The quantitative estimate of drug-likeness (QED) is 0.439. The summed E-state index contributed by atoms with van der Waals surface area (Å²) in [5.74, 6) is 3.69. The Balaban J connectivity index is 0.00000228. The van der Waals surface area contributed by atoms with Crippen LogP contribution in [0.4, 0.5) is 0 Å². The van der Waals surface area contributed by atoms with Gasteiger partial charge in [0.1, 0.15) is 0 Å². The summed E-state index contributed by atoms with van der Waals surface area (Å²) in [6, 6.07) is 8.18. The summed E-state index contributed by atoms with van der Waals surface area (Å²) in [6.45, 7) is 3.47. The molecule has 1 atom stereocenters. The van der Waals surface area contributed by atoms with Gasteiger partial charge in [-0.05, 0) is 79.4 Å². The zero-order valence-corrected chi connectivity index (χ0v) is 23.6. The minimum Gasteiger partial charge on any atom is -0.493 e. The Bertz CT molecular complexity index is 1050. The first-order valence-electron chi connectivity index (χ1n) is 11.9. The molecular formula is C27H39BrN2O6. The Hall–Kier alpha value is -2.49. The van der Waals surface area contributed by atoms with Crippen LogP contribution in [0, 0.1) is 0 Å². The van der Waals surface area contributed by atoms with Crippen molar-refractivity contribution in [2.75, 3.05) is 61.7 Å². The molecule has 1 aliphatic heterocycles. The van der Waals surface area contributed by atoms with E-state index in [1.807, 2.05) is 17.0 Å². The van der Waals surface area contributed by atoms with Crippen molar-refractivity contribution in [1.82, 2.24) is 9.80 Å². The molecule has 0 saturated carbocycles. The Morgan fingerprint density at radius 1 is 0.889 bits per heavy atom. The summed E-state index contributed by atoms with van der Waals surface area (Å²) >= 11 is 0. The van der Waals surface area contributed by atoms with Crippen molar-refractivity contribution in [3.8, 4) is 23.0 Å². The molecule has 200 valence electrons. The van der Waals surface area contributed by atoms with Gasteiger partial charge in [-0.25, -0.2) is 0 Å². The minimum absolute atomic E-state index is 0. The second kappa shape index (κ2) is 13.2. The normalized spacial score (nSPS) is 16.0. The lowest BCUT2D eigenvalue weighted by molar-refractivity contribution is -0.130. The highest BCUT2D eigenvalue weighted by Crippen LogP contribution is 2.42. The molecule has 0 radical (unpaired) electrons. The molecular weight excluding hydrogens is 528 g/mol. The Morgan fingerprint density at radius 2 is 1.44 bits per heavy atom. The van der Waals surface area contributed by atoms with Crippen LogP contribution in [-0.2, 0) is 24.1 Å². The number of nitrogens with zero attached hydrogens (tertiary/aromatic N) is 2. The van der Waals surface area contributed by atoms with Crippen LogP contribution >= 0.6 is 17.0 Å². The molecule has 8 nitrogen and oxygen atoms in total. The first-order chi connectivity index (χ1) is 16.5. The maximum absolute atomic E-state index is 12.9. The molecule has 1 amide bonds. The van der Waals surface area contributed by atoms with E-state index in [-0.39, 0.29) is 28.4 Å². The van der Waals surface area contributed by atoms with Crippen LogP contribution in [0.1, 0.15) is 34.6 Å². The van der Waals surface area contributed by atoms with Gasteiger partial charge in [0.25, 0.3) is 0 Å². The fraction of sp³-hybridized carbons (Fsp3) is 0.519. The second-order valence-corrected chi connectivity index (χ2v) is 9.21. The molecule has 9 heteroatoms. The highest BCUT2D eigenvalue weighted by atomic mass is 79.9. The molecule has 2 N–H and O–H groups in total. The van der Waals surface area contributed by atoms with Gasteiger partial charge in [0.15, 0.2) is 23.0 Å². The van der Waals surface area contributed by atoms with Gasteiger partial charge < -0.3 is 34.2 Å². The molecule has 1 aliphatic carbocycles. The third kappa shape index (κ3) is 6.25. The van der Waals surface area contributed by atoms with Crippen LogP contribution in [0.15, 0.2) is 24.3 Å². The van der Waals surface area contributed by atoms with Gasteiger partial charge in [-0.3, -0.25) is 4.79 Å². The van der Waals surface area contributed by atoms with Crippen LogP contribution in [0.5, 0.6) is 23.0 Å². The predicted octanol–water partition coefficient (Wildman–Crippen LogP) is 3.06. The molecule has 0 unspecified atom stereocenters. The third-order valence-electron chi connectivity index (χ3n) is 7.10. The smallest absolute Gasteiger partial charge is 0.227 e. The number of amides is 1. The van der Waals surface area contributed by atoms with Crippen molar-refractivity contribution >= 4 is 22.9 Å². The predicted molar refractivity (Wildman–Crippen MR) is 146 cm³/mol. The van der Waals surface area contributed by atoms with Gasteiger partial charge in [-0.2, -0.15) is 0 Å². The van der Waals surface area contributed by atoms with Gasteiger partial charge >= 0.3 is 0 Å². The summed E-state index contributed by atoms with van der Waals surface area (Å²) in [5.41, 5.74) is 4.91. The summed E-state index contributed by atoms with van der Waals surface area (Å²) in [6.07, 6.45) is 3.27. The number of carbonyl (C=O) groups is 1. The van der Waals surface area contributed by atoms with E-state index < -0.39 is 0 Å². The van der Waals surface area contributed by atoms with Crippen molar-refractivity contribution in [2.24, 2.45) is 0 Å². The lowest BCUT2D eigenvalue weighted by atomic mass is 9.77. The number of hydrogen-bond acceptors (Lipinski definition) is 6. The molecule has 2 aromatic rings. The standard InChI is InChI=1S/C27H36N2O5.BrH.H2O/c1-28(17-21-11-20-14-25(33-4)26(34-5)16-22(20)21)8-6-9-29-10-7-18-12-23(31-2)24(32-3)13-19(18)15-27(29)30;;/h12-14,16,21H,6-11,15,17H2,1-5H3;1H;1H2/t21-;;/m1../s1. The fourth-order valence-electron chi connectivity index (χ4n) is 5.15. The van der Waals surface area contributed by atoms with E-state index in [1.165, 1.54) is 16.7 Å². The summed E-state index contributed by atoms with van der Waals surface area (Å²) < 4.78 is 21.7. The molecule has 36 heavy (non-hydrogen) atoms. The molecule has 0 aromatic heterocycles. The van der Waals surface area contributed by atoms with Gasteiger partial charge in [0, 0.05) is 25.6 Å². The van der Waals surface area contributed by atoms with Crippen LogP contribution in [0.3, 0.4) is 0 Å². The number of hydrogen-bond donors (Lipinski definition) is 0. The molecule has 0 saturated heterocycles. The van der Waals surface area contributed by atoms with Crippen LogP contribution in [0.2, 0.25) is 0 Å². The first kappa shape index (κ1) is 29.7. The fourth-order valence-corrected chi connectivity index (χ4v) is 5.15. The molecule has 0 fully saturated rings. The largest absolute Gasteiger partial charge is 0.493 e. The van der Waals surface area contributed by atoms with Crippen LogP contribution in [0.25, 0.3) is 0 Å². The Kier molecular flexibility index (Phi) is 10.9. The Morgan fingerprint density at radius 3 is 2.06 bits per heavy atom. The summed E-state index contributed by atoms with van der Waals surface area (Å²) in [4.78, 5) is 17.3. The van der Waals surface area contributed by atoms with Crippen molar-refractivity contribution in [2.45, 2.75) is 31.6 Å². The van der Waals surface area contributed by atoms with E-state index in [0.29, 0.717) is 18.1 Å². The SMILES string of the molecule is Br.COc1cc2c(cc1OC)CC(=O)N(CCCN(C)C[C@H]1Cc3cc(OC)c(OC)cc31)CC2.O. The van der Waals surface area contributed by atoms with Gasteiger partial charge in [0.05, 0.1) is 34.9 Å². The number of ether oxygens (including phenoxy) is 4. The number of methoxy groups -OCH3 is 4. The topological polar surface area (TPSA) is 92.0 Å². The molecule has 4 rings (SSSR count). The van der Waals surface area contributed by atoms with E-state index >= 15 is 0 Å². The highest BCUT2D eigenvalue weighted by Gasteiger charge is 2.29. The molecule has 2 aromatic carbocycles. The summed E-state index contributed by atoms with van der Waals surface area (Å²) in [5, 5.41) is 0. The van der Waals surface area contributed by atoms with Gasteiger partial charge in [-0.1, -0.05) is 0 Å². The lowest BCUT2D eigenvalue weighted by Gasteiger charge is -2.34. The average Bonchev–Trinajstić information content (AvgIpc) is 2.98. The van der Waals surface area contributed by atoms with E-state index in [4.69, 9.17) is 18.9 Å². The highest BCUT2D eigenvalue weighted by molar-refractivity contribution is 8.93. The van der Waals surface area contributed by atoms with Crippen LogP contribution in [-0.4, -0.2) is 82.8 Å². The van der Waals surface area contributed by atoms with Crippen LogP contribution < -0.4 is 18.9 Å². The molecule has 0 bridgehead atoms. The number of carbonyl (C=O) groups excluding carboxylic acids is 1. The van der Waals surface area contributed by atoms with Gasteiger partial charge in [0.2, 0.25) is 5.91 Å². The number of halogens is 1. The second-order valence-electron chi connectivity index (χ2n) is 9.21. The number of fused-ring (bicyclic) bond motifs is 2. The molecule has 1 heterocycles. The third-order valence-corrected chi connectivity index (χ3v) is 7.10. The number of likely N-dealkylation sites (N-methyl/N-ethyl adjacent to an activating group) is 1. The van der Waals surface area contributed by atoms with E-state index in [9.17, 15) is 4.79 Å². The lowest BCUT2D eigenvalue weighted by Crippen LogP contribution is -2.36. The zero-order valence-electron chi connectivity index (χ0n) is 21.9. The van der Waals surface area contributed by atoms with Crippen molar-refractivity contribution in [3.05, 3.63) is 46.5 Å². The van der Waals surface area contributed by atoms with E-state index in [2.05, 4.69) is 24.1 Å². The van der Waals surface area contributed by atoms with Crippen molar-refractivity contribution in [1.29, 1.82) is 0 Å². The monoisotopic (exact) mass is 566 g/mol. The van der Waals surface area contributed by atoms with E-state index in [0.717, 1.165) is 68.3 Å².